The van der Waals surface area contributed by atoms with E-state index < -0.39 is 20.6 Å². The first kappa shape index (κ1) is 30.9. The van der Waals surface area contributed by atoms with E-state index in [1.54, 1.807) is 115 Å². The molecule has 0 unspecified atom stereocenters. The first-order valence-corrected chi connectivity index (χ1v) is 16.9. The largest absolute Gasteiger partial charge is 0.289 e. The van der Waals surface area contributed by atoms with Crippen LogP contribution in [0.4, 0.5) is 0 Å². The van der Waals surface area contributed by atoms with Crippen molar-refractivity contribution in [1.82, 2.24) is 0 Å². The van der Waals surface area contributed by atoms with E-state index in [-0.39, 0.29) is 5.78 Å². The molecule has 5 aromatic carbocycles. The third-order valence-corrected chi connectivity index (χ3v) is 12.3. The predicted molar refractivity (Wildman–Crippen MR) is 158 cm³/mol. The first-order valence-electron chi connectivity index (χ1n) is 12.2. The van der Waals surface area contributed by atoms with Crippen molar-refractivity contribution in [1.29, 1.82) is 0 Å². The molecule has 0 aliphatic heterocycles. The zero-order chi connectivity index (χ0) is 29.9. The highest BCUT2D eigenvalue weighted by Crippen LogP contribution is 2.70. The molecule has 0 saturated carbocycles. The van der Waals surface area contributed by atoms with Crippen LogP contribution < -0.4 is 14.0 Å². The molecule has 0 heterocycles. The maximum absolute atomic E-state index is 12.8. The summed E-state index contributed by atoms with van der Waals surface area (Å²) in [5, 5.41) is 1.28. The van der Waals surface area contributed by atoms with Crippen molar-refractivity contribution in [2.45, 2.75) is 24.5 Å². The molecule has 11 heteroatoms. The van der Waals surface area contributed by atoms with Crippen LogP contribution in [0.3, 0.4) is 0 Å². The van der Waals surface area contributed by atoms with Gasteiger partial charge in [-0.25, -0.2) is 0 Å². The zero-order valence-electron chi connectivity index (χ0n) is 21.4. The number of hydrogen-bond acceptors (Lipinski definition) is 6. The summed E-state index contributed by atoms with van der Waals surface area (Å²) >= 11 is 20.2. The lowest BCUT2D eigenvalue weighted by atomic mass is 10.0. The normalized spacial score (nSPS) is 12.2. The monoisotopic (exact) mass is 676 g/mol. The average Bonchev–Trinajstić information content (AvgIpc) is 2.98. The van der Waals surface area contributed by atoms with Crippen molar-refractivity contribution < 1.29 is 32.8 Å². The summed E-state index contributed by atoms with van der Waals surface area (Å²) in [6.45, 7) is 0. The van der Waals surface area contributed by atoms with E-state index in [2.05, 4.69) is 0 Å². The summed E-state index contributed by atoms with van der Waals surface area (Å²) in [7, 11) is -7.91. The van der Waals surface area contributed by atoms with Crippen LogP contribution in [-0.4, -0.2) is 5.78 Å². The van der Waals surface area contributed by atoms with Gasteiger partial charge in [-0.15, -0.1) is 0 Å². The smallest absolute Gasteiger partial charge is 0.193 e. The fraction of sp³-hybridized carbons (Fsp3) is 0. The van der Waals surface area contributed by atoms with Gasteiger partial charge in [0.25, 0.3) is 0 Å². The van der Waals surface area contributed by atoms with Crippen molar-refractivity contribution in [3.63, 3.8) is 0 Å². The Kier molecular flexibility index (Phi) is 9.56. The van der Waals surface area contributed by atoms with E-state index in [9.17, 15) is 18.8 Å². The number of hydrogen-bond donors (Lipinski definition) is 0. The van der Waals surface area contributed by atoms with Crippen LogP contribution in [0.1, 0.15) is 15.9 Å². The molecular formula is C31H20Cl4O5S2. The second-order valence-electron chi connectivity index (χ2n) is 8.82. The van der Waals surface area contributed by atoms with Gasteiger partial charge in [-0.1, -0.05) is 76.9 Å². The topological polar surface area (TPSA) is 95.5 Å². The molecule has 0 bridgehead atoms. The molecule has 5 rings (SSSR count). The fourth-order valence-corrected chi connectivity index (χ4v) is 9.73. The standard InChI is InChI=1S/C31H20Cl4O5S2/c32-23-7-13-26(14-8-23)42(40-35(37,38)39,27-15-9-24(33)10-16-27)28-17-11-25(12-18-28)41-30-19-6-22(20-29(30)34)31(36)21-4-2-1-3-5-21/h1-20H. The van der Waals surface area contributed by atoms with Gasteiger partial charge in [-0.2, -0.15) is 14.0 Å². The lowest BCUT2D eigenvalue weighted by Gasteiger charge is -2.34. The zero-order valence-corrected chi connectivity index (χ0v) is 26.1. The van der Waals surface area contributed by atoms with E-state index in [0.717, 1.165) is 9.79 Å². The third-order valence-electron chi connectivity index (χ3n) is 6.08. The van der Waals surface area contributed by atoms with Crippen LogP contribution in [0.15, 0.2) is 146 Å². The number of halogens is 4. The Balaban J connectivity index is 1.51. The van der Waals surface area contributed by atoms with Gasteiger partial charge < -0.3 is 0 Å². The predicted octanol–water partition coefficient (Wildman–Crippen LogP) is 7.14. The number of rotatable bonds is 9. The van der Waals surface area contributed by atoms with Crippen LogP contribution in [0.5, 0.6) is 0 Å². The highest BCUT2D eigenvalue weighted by Gasteiger charge is 2.46. The van der Waals surface area contributed by atoms with E-state index in [1.807, 2.05) is 6.07 Å². The van der Waals surface area contributed by atoms with Gasteiger partial charge in [-0.3, -0.25) is 4.79 Å². The third kappa shape index (κ3) is 6.98. The number of carbonyl (C=O) groups is 1. The molecule has 0 saturated heterocycles. The first-order chi connectivity index (χ1) is 20.0. The van der Waals surface area contributed by atoms with Crippen molar-refractivity contribution in [3.05, 3.63) is 148 Å². The molecule has 42 heavy (non-hydrogen) atoms. The van der Waals surface area contributed by atoms with Crippen LogP contribution in [-0.2, 0) is 3.74 Å². The molecule has 0 fully saturated rings. The Morgan fingerprint density at radius 2 is 1.14 bits per heavy atom. The Bertz CT molecular complexity index is 1650. The molecule has 0 amide bonds. The van der Waals surface area contributed by atoms with Gasteiger partial charge in [0.15, 0.2) is 5.78 Å². The summed E-state index contributed by atoms with van der Waals surface area (Å²) in [6.07, 6.45) is 0. The molecule has 5 aromatic rings. The minimum atomic E-state index is -4.85. The summed E-state index contributed by atoms with van der Waals surface area (Å²) in [4.78, 5) is 15.7. The van der Waals surface area contributed by atoms with Crippen molar-refractivity contribution in [2.24, 2.45) is 0 Å². The van der Waals surface area contributed by atoms with E-state index >= 15 is 0 Å². The van der Waals surface area contributed by atoms with Crippen LogP contribution in [0, 0.1) is 10.2 Å². The average molecular weight is 678 g/mol. The molecule has 0 aromatic heterocycles. The Morgan fingerprint density at radius 1 is 0.643 bits per heavy atom. The van der Waals surface area contributed by atoms with E-state index in [1.165, 1.54) is 11.8 Å². The van der Waals surface area contributed by atoms with Gasteiger partial charge in [0.1, 0.15) is 3.74 Å². The Hall–Kier alpha value is -2.53. The molecular weight excluding hydrogens is 658 g/mol. The minimum Gasteiger partial charge on any atom is -0.289 e. The molecule has 0 aliphatic rings. The molecule has 0 radical (unpaired) electrons. The van der Waals surface area contributed by atoms with Gasteiger partial charge in [0.05, 0.1) is 25.6 Å². The highest BCUT2D eigenvalue weighted by atomic mass is 35.7. The SMILES string of the molecule is O=C(c1ccccc1)c1ccc(Sc2ccc(S(O[Cl+3]([O-])([O-])[O-])(c3ccc(Cl)cc3)c3ccc(Cl)cc3)cc2)c(Cl)c1. The second kappa shape index (κ2) is 13.0. The lowest BCUT2D eigenvalue weighted by Crippen LogP contribution is -2.61. The molecule has 0 spiro atoms. The van der Waals surface area contributed by atoms with Crippen molar-refractivity contribution in [2.75, 3.05) is 0 Å². The van der Waals surface area contributed by atoms with Gasteiger partial charge in [0, 0.05) is 45.6 Å². The van der Waals surface area contributed by atoms with E-state index in [4.69, 9.17) is 38.5 Å². The summed E-state index contributed by atoms with van der Waals surface area (Å²) in [6, 6.07) is 34.0. The highest BCUT2D eigenvalue weighted by molar-refractivity contribution is 8.29. The fourth-order valence-electron chi connectivity index (χ4n) is 4.19. The Labute approximate surface area is 265 Å². The quantitative estimate of drug-likeness (QED) is 0.154. The Morgan fingerprint density at radius 3 is 1.62 bits per heavy atom. The van der Waals surface area contributed by atoms with Gasteiger partial charge >= 0.3 is 0 Å². The number of ketones is 1. The summed E-state index contributed by atoms with van der Waals surface area (Å²) < 4.78 is 41.8. The summed E-state index contributed by atoms with van der Waals surface area (Å²) in [5.74, 6) is -0.130. The van der Waals surface area contributed by atoms with E-state index in [0.29, 0.717) is 40.9 Å². The van der Waals surface area contributed by atoms with Crippen LogP contribution in [0.2, 0.25) is 15.1 Å². The van der Waals surface area contributed by atoms with Crippen LogP contribution >= 0.6 is 56.9 Å². The van der Waals surface area contributed by atoms with Crippen LogP contribution in [0.25, 0.3) is 0 Å². The van der Waals surface area contributed by atoms with Crippen molar-refractivity contribution in [3.8, 4) is 0 Å². The molecule has 0 aliphatic carbocycles. The maximum atomic E-state index is 12.8. The molecule has 0 N–H and O–H groups in total. The number of carbonyl (C=O) groups excluding carboxylic acids is 1. The minimum absolute atomic E-state index is 0.130. The molecule has 0 atom stereocenters. The van der Waals surface area contributed by atoms with Gasteiger partial charge in [-0.05, 0) is 91.0 Å². The lowest BCUT2D eigenvalue weighted by molar-refractivity contribution is -1.91. The number of benzene rings is 5. The summed E-state index contributed by atoms with van der Waals surface area (Å²) in [5.41, 5.74) is 1.04. The molecule has 214 valence electrons. The van der Waals surface area contributed by atoms with Gasteiger partial charge in [0.2, 0.25) is 0 Å². The molecule has 5 nitrogen and oxygen atoms in total. The second-order valence-corrected chi connectivity index (χ2v) is 15.0. The maximum Gasteiger partial charge on any atom is 0.193 e. The van der Waals surface area contributed by atoms with Crippen molar-refractivity contribution >= 4 is 62.7 Å².